The molecule has 0 bridgehead atoms. The SMILES string of the molecule is CC(=O)c1ccc(C(=O)OCC(=O)Nc2cccc3ccccc23)s1. The van der Waals surface area contributed by atoms with Crippen LogP contribution >= 0.6 is 11.3 Å². The Kier molecular flexibility index (Phi) is 4.90. The zero-order valence-electron chi connectivity index (χ0n) is 13.4. The third-order valence-electron chi connectivity index (χ3n) is 3.55. The van der Waals surface area contributed by atoms with Crippen molar-refractivity contribution in [2.24, 2.45) is 0 Å². The summed E-state index contributed by atoms with van der Waals surface area (Å²) in [6, 6.07) is 16.4. The molecule has 126 valence electrons. The minimum absolute atomic E-state index is 0.113. The first-order valence-corrected chi connectivity index (χ1v) is 8.42. The number of hydrogen-bond acceptors (Lipinski definition) is 5. The van der Waals surface area contributed by atoms with E-state index in [4.69, 9.17) is 4.74 Å². The van der Waals surface area contributed by atoms with Crippen molar-refractivity contribution in [3.8, 4) is 0 Å². The average Bonchev–Trinajstić information content (AvgIpc) is 3.10. The molecule has 1 N–H and O–H groups in total. The third kappa shape index (κ3) is 3.92. The van der Waals surface area contributed by atoms with Gasteiger partial charge in [-0.15, -0.1) is 11.3 Å². The second kappa shape index (κ2) is 7.27. The van der Waals surface area contributed by atoms with E-state index in [0.29, 0.717) is 15.4 Å². The monoisotopic (exact) mass is 353 g/mol. The molecule has 0 radical (unpaired) electrons. The van der Waals surface area contributed by atoms with Gasteiger partial charge in [0, 0.05) is 11.1 Å². The second-order valence-corrected chi connectivity index (χ2v) is 6.45. The molecule has 0 aliphatic rings. The lowest BCUT2D eigenvalue weighted by Gasteiger charge is -2.09. The quantitative estimate of drug-likeness (QED) is 0.558. The van der Waals surface area contributed by atoms with Crippen molar-refractivity contribution in [2.45, 2.75) is 6.92 Å². The first kappa shape index (κ1) is 16.9. The summed E-state index contributed by atoms with van der Waals surface area (Å²) in [5.41, 5.74) is 0.661. The first-order valence-electron chi connectivity index (χ1n) is 7.60. The van der Waals surface area contributed by atoms with E-state index >= 15 is 0 Å². The molecule has 6 heteroatoms. The number of esters is 1. The molecule has 1 aromatic heterocycles. The molecule has 0 atom stereocenters. The zero-order chi connectivity index (χ0) is 17.8. The van der Waals surface area contributed by atoms with Crippen LogP contribution in [0.2, 0.25) is 0 Å². The lowest BCUT2D eigenvalue weighted by atomic mass is 10.1. The minimum Gasteiger partial charge on any atom is -0.451 e. The molecular formula is C19H15NO4S. The van der Waals surface area contributed by atoms with Crippen LogP contribution in [-0.4, -0.2) is 24.3 Å². The Morgan fingerprint density at radius 2 is 1.68 bits per heavy atom. The van der Waals surface area contributed by atoms with E-state index in [1.165, 1.54) is 13.0 Å². The van der Waals surface area contributed by atoms with Crippen LogP contribution in [0.4, 0.5) is 5.69 Å². The number of fused-ring (bicyclic) bond motifs is 1. The number of rotatable bonds is 5. The van der Waals surface area contributed by atoms with Gasteiger partial charge in [0.1, 0.15) is 4.88 Å². The van der Waals surface area contributed by atoms with Gasteiger partial charge in [0.2, 0.25) is 0 Å². The van der Waals surface area contributed by atoms with Gasteiger partial charge in [0.25, 0.3) is 5.91 Å². The average molecular weight is 353 g/mol. The Hall–Kier alpha value is -2.99. The van der Waals surface area contributed by atoms with Crippen molar-refractivity contribution in [1.29, 1.82) is 0 Å². The lowest BCUT2D eigenvalue weighted by Crippen LogP contribution is -2.20. The standard InChI is InChI=1S/C19H15NO4S/c1-12(21)16-9-10-17(25-16)19(23)24-11-18(22)20-15-8-4-6-13-5-2-3-7-14(13)15/h2-10H,11H2,1H3,(H,20,22). The Morgan fingerprint density at radius 3 is 2.44 bits per heavy atom. The largest absolute Gasteiger partial charge is 0.451 e. The van der Waals surface area contributed by atoms with Crippen LogP contribution in [0.5, 0.6) is 0 Å². The molecule has 1 amide bonds. The van der Waals surface area contributed by atoms with Crippen LogP contribution in [0.25, 0.3) is 10.8 Å². The smallest absolute Gasteiger partial charge is 0.348 e. The number of ketones is 1. The fraction of sp³-hybridized carbons (Fsp3) is 0.105. The van der Waals surface area contributed by atoms with Gasteiger partial charge < -0.3 is 10.1 Å². The Bertz CT molecular complexity index is 955. The summed E-state index contributed by atoms with van der Waals surface area (Å²) in [6.07, 6.45) is 0. The number of nitrogens with one attached hydrogen (secondary N) is 1. The van der Waals surface area contributed by atoms with Gasteiger partial charge in [-0.1, -0.05) is 36.4 Å². The number of Topliss-reactive ketones (excluding diaryl/α,β-unsaturated/α-hetero) is 1. The van der Waals surface area contributed by atoms with E-state index in [2.05, 4.69) is 5.32 Å². The highest BCUT2D eigenvalue weighted by molar-refractivity contribution is 7.15. The molecule has 0 fully saturated rings. The summed E-state index contributed by atoms with van der Waals surface area (Å²) >= 11 is 1.05. The van der Waals surface area contributed by atoms with Gasteiger partial charge in [0.15, 0.2) is 12.4 Å². The number of carbonyl (C=O) groups is 3. The number of ether oxygens (including phenoxy) is 1. The van der Waals surface area contributed by atoms with Crippen LogP contribution < -0.4 is 5.32 Å². The molecule has 0 aliphatic carbocycles. The maximum Gasteiger partial charge on any atom is 0.348 e. The molecule has 2 aromatic carbocycles. The predicted octanol–water partition coefficient (Wildman–Crippen LogP) is 3.90. The highest BCUT2D eigenvalue weighted by Crippen LogP contribution is 2.23. The third-order valence-corrected chi connectivity index (χ3v) is 4.72. The van der Waals surface area contributed by atoms with Crippen molar-refractivity contribution in [3.63, 3.8) is 0 Å². The molecule has 3 rings (SSSR count). The number of hydrogen-bond donors (Lipinski definition) is 1. The van der Waals surface area contributed by atoms with Crippen molar-refractivity contribution in [3.05, 3.63) is 64.4 Å². The van der Waals surface area contributed by atoms with Crippen molar-refractivity contribution >= 4 is 45.5 Å². The number of amides is 1. The minimum atomic E-state index is -0.620. The number of carbonyl (C=O) groups excluding carboxylic acids is 3. The highest BCUT2D eigenvalue weighted by Gasteiger charge is 2.14. The zero-order valence-corrected chi connectivity index (χ0v) is 14.3. The van der Waals surface area contributed by atoms with E-state index in [0.717, 1.165) is 22.1 Å². The van der Waals surface area contributed by atoms with E-state index in [-0.39, 0.29) is 5.78 Å². The maximum atomic E-state index is 12.1. The molecule has 0 spiro atoms. The molecular weight excluding hydrogens is 338 g/mol. The molecule has 3 aromatic rings. The van der Waals surface area contributed by atoms with E-state index in [1.54, 1.807) is 12.1 Å². The maximum absolute atomic E-state index is 12.1. The van der Waals surface area contributed by atoms with Crippen LogP contribution in [0.3, 0.4) is 0 Å². The van der Waals surface area contributed by atoms with Crippen LogP contribution in [0, 0.1) is 0 Å². The van der Waals surface area contributed by atoms with Gasteiger partial charge in [-0.3, -0.25) is 9.59 Å². The number of thiophene rings is 1. The molecule has 0 saturated carbocycles. The van der Waals surface area contributed by atoms with Crippen LogP contribution in [0.15, 0.2) is 54.6 Å². The van der Waals surface area contributed by atoms with Crippen molar-refractivity contribution in [1.82, 2.24) is 0 Å². The Morgan fingerprint density at radius 1 is 0.960 bits per heavy atom. The first-order chi connectivity index (χ1) is 12.0. The topological polar surface area (TPSA) is 72.5 Å². The molecule has 5 nitrogen and oxygen atoms in total. The highest BCUT2D eigenvalue weighted by atomic mass is 32.1. The van der Waals surface area contributed by atoms with Gasteiger partial charge in [0.05, 0.1) is 4.88 Å². The van der Waals surface area contributed by atoms with Crippen molar-refractivity contribution in [2.75, 3.05) is 11.9 Å². The van der Waals surface area contributed by atoms with Gasteiger partial charge in [-0.25, -0.2) is 4.79 Å². The van der Waals surface area contributed by atoms with Gasteiger partial charge in [-0.05, 0) is 30.5 Å². The van der Waals surface area contributed by atoms with E-state index in [1.807, 2.05) is 36.4 Å². The number of benzene rings is 2. The molecule has 0 saturated heterocycles. The van der Waals surface area contributed by atoms with Gasteiger partial charge >= 0.3 is 5.97 Å². The fourth-order valence-electron chi connectivity index (χ4n) is 2.36. The van der Waals surface area contributed by atoms with E-state index in [9.17, 15) is 14.4 Å². The van der Waals surface area contributed by atoms with Gasteiger partial charge in [-0.2, -0.15) is 0 Å². The molecule has 25 heavy (non-hydrogen) atoms. The summed E-state index contributed by atoms with van der Waals surface area (Å²) in [5, 5.41) is 4.67. The summed E-state index contributed by atoms with van der Waals surface area (Å²) in [6.45, 7) is 1.04. The van der Waals surface area contributed by atoms with Crippen LogP contribution in [0.1, 0.15) is 26.3 Å². The number of anilines is 1. The Labute approximate surface area is 148 Å². The normalized spacial score (nSPS) is 10.4. The summed E-state index contributed by atoms with van der Waals surface area (Å²) in [4.78, 5) is 36.0. The summed E-state index contributed by atoms with van der Waals surface area (Å²) in [7, 11) is 0. The van der Waals surface area contributed by atoms with E-state index < -0.39 is 18.5 Å². The van der Waals surface area contributed by atoms with Crippen molar-refractivity contribution < 1.29 is 19.1 Å². The molecule has 0 aliphatic heterocycles. The lowest BCUT2D eigenvalue weighted by molar-refractivity contribution is -0.119. The second-order valence-electron chi connectivity index (χ2n) is 5.37. The summed E-state index contributed by atoms with van der Waals surface area (Å²) < 4.78 is 5.02. The van der Waals surface area contributed by atoms with Crippen LogP contribution in [-0.2, 0) is 9.53 Å². The predicted molar refractivity (Wildman–Crippen MR) is 97.2 cm³/mol. The summed E-state index contributed by atoms with van der Waals surface area (Å²) in [5.74, 6) is -1.16. The Balaban J connectivity index is 1.62. The fourth-order valence-corrected chi connectivity index (χ4v) is 3.15. The molecule has 1 heterocycles. The molecule has 0 unspecified atom stereocenters.